The van der Waals surface area contributed by atoms with E-state index < -0.39 is 0 Å². The second-order valence-electron chi connectivity index (χ2n) is 4.05. The lowest BCUT2D eigenvalue weighted by atomic mass is 10.2. The summed E-state index contributed by atoms with van der Waals surface area (Å²) < 4.78 is 0. The van der Waals surface area contributed by atoms with Gasteiger partial charge in [0.1, 0.15) is 0 Å². The Bertz CT molecular complexity index is 317. The Labute approximate surface area is 113 Å². The van der Waals surface area contributed by atoms with E-state index in [2.05, 4.69) is 32.1 Å². The van der Waals surface area contributed by atoms with Crippen LogP contribution in [0.4, 0.5) is 5.13 Å². The molecule has 0 aromatic carbocycles. The molecule has 17 heavy (non-hydrogen) atoms. The minimum atomic E-state index is 0.562. The maximum Gasteiger partial charge on any atom is 0.185 e. The summed E-state index contributed by atoms with van der Waals surface area (Å²) in [5.41, 5.74) is 6.92. The fourth-order valence-electron chi connectivity index (χ4n) is 1.81. The predicted molar refractivity (Wildman–Crippen MR) is 80.2 cm³/mol. The third kappa shape index (κ3) is 3.60. The van der Waals surface area contributed by atoms with E-state index in [1.54, 1.807) is 11.3 Å². The molecule has 98 valence electrons. The summed E-state index contributed by atoms with van der Waals surface area (Å²) >= 11 is 3.63. The Kier molecular flexibility index (Phi) is 6.30. The summed E-state index contributed by atoms with van der Waals surface area (Å²) in [4.78, 5) is 8.24. The lowest BCUT2D eigenvalue weighted by molar-refractivity contribution is 0.670. The zero-order valence-corrected chi connectivity index (χ0v) is 12.8. The maximum absolute atomic E-state index is 5.75. The van der Waals surface area contributed by atoms with Crippen molar-refractivity contribution in [2.24, 2.45) is 5.73 Å². The van der Waals surface area contributed by atoms with E-state index >= 15 is 0 Å². The molecule has 0 fully saturated rings. The van der Waals surface area contributed by atoms with Gasteiger partial charge in [0.2, 0.25) is 0 Å². The Morgan fingerprint density at radius 2 is 2.18 bits per heavy atom. The van der Waals surface area contributed by atoms with Crippen LogP contribution in [0.25, 0.3) is 0 Å². The fourth-order valence-corrected chi connectivity index (χ4v) is 3.71. The summed E-state index contributed by atoms with van der Waals surface area (Å²) in [5.74, 6) is 1.14. The highest BCUT2D eigenvalue weighted by atomic mass is 32.2. The molecule has 0 amide bonds. The van der Waals surface area contributed by atoms with Crippen LogP contribution in [0.2, 0.25) is 0 Å². The molecule has 0 aliphatic heterocycles. The van der Waals surface area contributed by atoms with E-state index in [9.17, 15) is 0 Å². The standard InChI is InChI=1S/C12H23N3S2/c1-5-9(8-16-4)15(3)12-14-10(6-2)11(7-13)17-12/h9H,5-8,13H2,1-4H3. The third-order valence-corrected chi connectivity index (χ3v) is 4.90. The molecular formula is C12H23N3S2. The van der Waals surface area contributed by atoms with Gasteiger partial charge in [-0.25, -0.2) is 4.98 Å². The summed E-state index contributed by atoms with van der Waals surface area (Å²) in [6, 6.07) is 0.562. The zero-order chi connectivity index (χ0) is 12.8. The Balaban J connectivity index is 2.86. The molecule has 0 spiro atoms. The highest BCUT2D eigenvalue weighted by molar-refractivity contribution is 7.98. The van der Waals surface area contributed by atoms with Gasteiger partial charge in [0.05, 0.1) is 5.69 Å². The predicted octanol–water partition coefficient (Wildman–Crippen LogP) is 2.74. The molecule has 3 nitrogen and oxygen atoms in total. The van der Waals surface area contributed by atoms with Gasteiger partial charge in [0.25, 0.3) is 0 Å². The van der Waals surface area contributed by atoms with Gasteiger partial charge in [0.15, 0.2) is 5.13 Å². The van der Waals surface area contributed by atoms with Gasteiger partial charge in [-0.1, -0.05) is 13.8 Å². The number of hydrogen-bond donors (Lipinski definition) is 1. The molecule has 0 aliphatic carbocycles. The first-order chi connectivity index (χ1) is 8.17. The smallest absolute Gasteiger partial charge is 0.185 e. The molecular weight excluding hydrogens is 250 g/mol. The van der Waals surface area contributed by atoms with E-state index in [0.717, 1.165) is 23.7 Å². The number of nitrogens with two attached hydrogens (primary N) is 1. The molecule has 1 rings (SSSR count). The molecule has 0 radical (unpaired) electrons. The Morgan fingerprint density at radius 1 is 1.47 bits per heavy atom. The molecule has 2 N–H and O–H groups in total. The van der Waals surface area contributed by atoms with Gasteiger partial charge in [-0.2, -0.15) is 11.8 Å². The monoisotopic (exact) mass is 273 g/mol. The first kappa shape index (κ1) is 14.8. The number of rotatable bonds is 7. The van der Waals surface area contributed by atoms with Crippen LogP contribution in [-0.2, 0) is 13.0 Å². The number of aryl methyl sites for hydroxylation is 1. The zero-order valence-electron chi connectivity index (χ0n) is 11.2. The van der Waals surface area contributed by atoms with E-state index in [-0.39, 0.29) is 0 Å². The first-order valence-electron chi connectivity index (χ1n) is 6.08. The minimum Gasteiger partial charge on any atom is -0.347 e. The van der Waals surface area contributed by atoms with Crippen molar-refractivity contribution in [1.82, 2.24) is 4.98 Å². The van der Waals surface area contributed by atoms with Gasteiger partial charge in [-0.3, -0.25) is 0 Å². The van der Waals surface area contributed by atoms with E-state index in [0.29, 0.717) is 12.6 Å². The Morgan fingerprint density at radius 3 is 2.59 bits per heavy atom. The summed E-state index contributed by atoms with van der Waals surface area (Å²) in [5, 5.41) is 1.11. The van der Waals surface area contributed by atoms with Crippen molar-refractivity contribution in [1.29, 1.82) is 0 Å². The van der Waals surface area contributed by atoms with Crippen LogP contribution in [0.15, 0.2) is 0 Å². The summed E-state index contributed by atoms with van der Waals surface area (Å²) in [6.07, 6.45) is 4.27. The van der Waals surface area contributed by atoms with Gasteiger partial charge in [-0.05, 0) is 19.1 Å². The molecule has 0 saturated carbocycles. The second kappa shape index (κ2) is 7.24. The lowest BCUT2D eigenvalue weighted by Crippen LogP contribution is -2.33. The Hall–Kier alpha value is -0.260. The van der Waals surface area contributed by atoms with Gasteiger partial charge in [-0.15, -0.1) is 11.3 Å². The molecule has 1 aromatic heterocycles. The van der Waals surface area contributed by atoms with E-state index in [1.165, 1.54) is 10.6 Å². The van der Waals surface area contributed by atoms with Crippen molar-refractivity contribution in [2.75, 3.05) is 24.0 Å². The SMILES string of the molecule is CCc1nc(N(C)C(CC)CSC)sc1CN. The minimum absolute atomic E-state index is 0.562. The molecule has 5 heteroatoms. The topological polar surface area (TPSA) is 42.2 Å². The number of thiazole rings is 1. The fraction of sp³-hybridized carbons (Fsp3) is 0.750. The van der Waals surface area contributed by atoms with Crippen LogP contribution < -0.4 is 10.6 Å². The normalized spacial score (nSPS) is 12.8. The quantitative estimate of drug-likeness (QED) is 0.829. The molecule has 0 saturated heterocycles. The van der Waals surface area contributed by atoms with Crippen molar-refractivity contribution in [3.8, 4) is 0 Å². The number of anilines is 1. The number of hydrogen-bond acceptors (Lipinski definition) is 5. The molecule has 1 atom stereocenters. The number of thioether (sulfide) groups is 1. The van der Waals surface area contributed by atoms with Gasteiger partial charge < -0.3 is 10.6 Å². The maximum atomic E-state index is 5.75. The van der Waals surface area contributed by atoms with Crippen molar-refractivity contribution in [3.63, 3.8) is 0 Å². The highest BCUT2D eigenvalue weighted by Crippen LogP contribution is 2.28. The van der Waals surface area contributed by atoms with E-state index in [1.807, 2.05) is 11.8 Å². The van der Waals surface area contributed by atoms with Crippen LogP contribution in [0.5, 0.6) is 0 Å². The highest BCUT2D eigenvalue weighted by Gasteiger charge is 2.17. The average Bonchev–Trinajstić information content (AvgIpc) is 2.78. The third-order valence-electron chi connectivity index (χ3n) is 2.97. The van der Waals surface area contributed by atoms with Crippen molar-refractivity contribution in [3.05, 3.63) is 10.6 Å². The van der Waals surface area contributed by atoms with Crippen LogP contribution in [0.3, 0.4) is 0 Å². The first-order valence-corrected chi connectivity index (χ1v) is 8.29. The molecule has 0 bridgehead atoms. The average molecular weight is 273 g/mol. The van der Waals surface area contributed by atoms with Crippen LogP contribution in [-0.4, -0.2) is 30.1 Å². The van der Waals surface area contributed by atoms with Crippen LogP contribution in [0, 0.1) is 0 Å². The van der Waals surface area contributed by atoms with E-state index in [4.69, 9.17) is 10.7 Å². The van der Waals surface area contributed by atoms with Crippen molar-refractivity contribution in [2.45, 2.75) is 39.3 Å². The molecule has 1 aromatic rings. The number of aromatic nitrogens is 1. The van der Waals surface area contributed by atoms with Crippen molar-refractivity contribution >= 4 is 28.2 Å². The van der Waals surface area contributed by atoms with Crippen LogP contribution >= 0.6 is 23.1 Å². The lowest BCUT2D eigenvalue weighted by Gasteiger charge is -2.26. The summed E-state index contributed by atoms with van der Waals surface area (Å²) in [6.45, 7) is 4.97. The van der Waals surface area contributed by atoms with Gasteiger partial charge in [0, 0.05) is 30.3 Å². The van der Waals surface area contributed by atoms with Crippen LogP contribution in [0.1, 0.15) is 30.8 Å². The van der Waals surface area contributed by atoms with Crippen molar-refractivity contribution < 1.29 is 0 Å². The molecule has 0 aliphatic rings. The largest absolute Gasteiger partial charge is 0.347 e. The van der Waals surface area contributed by atoms with Gasteiger partial charge >= 0.3 is 0 Å². The molecule has 1 unspecified atom stereocenters. The summed E-state index contributed by atoms with van der Waals surface area (Å²) in [7, 11) is 2.14. The molecule has 1 heterocycles. The number of nitrogens with zero attached hydrogens (tertiary/aromatic N) is 2. The second-order valence-corrected chi connectivity index (χ2v) is 6.03.